The van der Waals surface area contributed by atoms with Gasteiger partial charge in [0.05, 0.1) is 28.7 Å². The molecule has 9 rings (SSSR count). The van der Waals surface area contributed by atoms with Crippen molar-refractivity contribution >= 4 is 51.2 Å². The average molecular weight is 713 g/mol. The molecule has 0 N–H and O–H groups in total. The molecule has 0 saturated carbocycles. The summed E-state index contributed by atoms with van der Waals surface area (Å²) in [4.78, 5) is 67.7. The van der Waals surface area contributed by atoms with Crippen molar-refractivity contribution in [1.82, 2.24) is 0 Å². The van der Waals surface area contributed by atoms with E-state index in [1.54, 1.807) is 36.4 Å². The van der Waals surface area contributed by atoms with Gasteiger partial charge < -0.3 is 9.47 Å². The van der Waals surface area contributed by atoms with Gasteiger partial charge in [-0.2, -0.15) is 0 Å². The fourth-order valence-corrected chi connectivity index (χ4v) is 7.73. The van der Waals surface area contributed by atoms with Gasteiger partial charge >= 0.3 is 11.9 Å². The summed E-state index contributed by atoms with van der Waals surface area (Å²) < 4.78 is 11.5. The Kier molecular flexibility index (Phi) is 7.56. The Balaban J connectivity index is 0.957. The Bertz CT molecular complexity index is 2080. The third-order valence-corrected chi connectivity index (χ3v) is 10.1. The van der Waals surface area contributed by atoms with Crippen molar-refractivity contribution in [2.24, 2.45) is 11.8 Å². The molecule has 9 heteroatoms. The number of Topliss-reactive ketones (excluding diaryl/α,β-unsaturated/α-hetero) is 1. The molecule has 0 spiro atoms. The lowest BCUT2D eigenvalue weighted by atomic mass is 9.55. The lowest BCUT2D eigenvalue weighted by Gasteiger charge is -2.45. The average Bonchev–Trinajstić information content (AvgIpc) is 3.40. The molecular weight excluding hydrogens is 686 g/mol. The molecule has 49 heavy (non-hydrogen) atoms. The fourth-order valence-electron chi connectivity index (χ4n) is 7.46. The number of ketones is 1. The van der Waals surface area contributed by atoms with E-state index in [1.165, 1.54) is 41.3 Å². The van der Waals surface area contributed by atoms with Crippen LogP contribution in [0.5, 0.6) is 5.75 Å². The van der Waals surface area contributed by atoms with Gasteiger partial charge in [-0.15, -0.1) is 0 Å². The summed E-state index contributed by atoms with van der Waals surface area (Å²) in [6.45, 7) is -0.535. The number of ether oxygens (including phenoxy) is 2. The van der Waals surface area contributed by atoms with Crippen LogP contribution in [0.15, 0.2) is 126 Å². The molecular formula is C40H26BrNO7. The number of carbonyl (C=O) groups is 5. The van der Waals surface area contributed by atoms with E-state index in [0.717, 1.165) is 26.7 Å². The van der Waals surface area contributed by atoms with Crippen LogP contribution in [0.1, 0.15) is 65.2 Å². The van der Waals surface area contributed by atoms with Crippen LogP contribution in [0.2, 0.25) is 0 Å². The number of esters is 2. The van der Waals surface area contributed by atoms with Gasteiger partial charge in [-0.05, 0) is 89.0 Å². The SMILES string of the molecule is O=C(COC(=O)c1cccc(N2C(=O)C3C4c5ccccc5C(c5ccccc54)C3C2=O)c1)c1ccc(OC(=O)c2ccc(Br)cc2)cc1. The smallest absolute Gasteiger partial charge is 0.343 e. The summed E-state index contributed by atoms with van der Waals surface area (Å²) in [5.74, 6) is -3.68. The van der Waals surface area contributed by atoms with Crippen molar-refractivity contribution in [3.63, 3.8) is 0 Å². The molecule has 5 aromatic carbocycles. The second kappa shape index (κ2) is 12.1. The quantitative estimate of drug-likeness (QED) is 0.0767. The second-order valence-electron chi connectivity index (χ2n) is 12.2. The predicted octanol–water partition coefficient (Wildman–Crippen LogP) is 7.10. The molecule has 0 aromatic heterocycles. The highest BCUT2D eigenvalue weighted by Crippen LogP contribution is 2.61. The third-order valence-electron chi connectivity index (χ3n) is 9.59. The first-order valence-electron chi connectivity index (χ1n) is 15.7. The first-order chi connectivity index (χ1) is 23.8. The maximum absolute atomic E-state index is 14.1. The summed E-state index contributed by atoms with van der Waals surface area (Å²) in [7, 11) is 0. The number of rotatable bonds is 7. The van der Waals surface area contributed by atoms with Gasteiger partial charge in [-0.3, -0.25) is 14.4 Å². The Labute approximate surface area is 289 Å². The normalized spacial score (nSPS) is 19.9. The molecule has 2 bridgehead atoms. The Hall–Kier alpha value is -5.67. The van der Waals surface area contributed by atoms with E-state index in [0.29, 0.717) is 5.56 Å². The molecule has 0 radical (unpaired) electrons. The van der Waals surface area contributed by atoms with Crippen LogP contribution in [-0.4, -0.2) is 36.1 Å². The van der Waals surface area contributed by atoms with Crippen molar-refractivity contribution in [3.05, 3.63) is 165 Å². The molecule has 5 aromatic rings. The Morgan fingerprint density at radius 1 is 0.592 bits per heavy atom. The summed E-state index contributed by atoms with van der Waals surface area (Å²) in [6.07, 6.45) is 0. The third kappa shape index (κ3) is 5.18. The summed E-state index contributed by atoms with van der Waals surface area (Å²) in [5.41, 5.74) is 5.33. The Morgan fingerprint density at radius 3 is 1.67 bits per heavy atom. The molecule has 1 fully saturated rings. The van der Waals surface area contributed by atoms with Crippen molar-refractivity contribution in [3.8, 4) is 5.75 Å². The van der Waals surface area contributed by atoms with Gasteiger partial charge in [0, 0.05) is 21.9 Å². The first-order valence-corrected chi connectivity index (χ1v) is 16.5. The van der Waals surface area contributed by atoms with Crippen LogP contribution < -0.4 is 9.64 Å². The van der Waals surface area contributed by atoms with E-state index in [-0.39, 0.29) is 46.2 Å². The Morgan fingerprint density at radius 2 is 1.12 bits per heavy atom. The van der Waals surface area contributed by atoms with Crippen molar-refractivity contribution < 1.29 is 33.4 Å². The van der Waals surface area contributed by atoms with Crippen molar-refractivity contribution in [1.29, 1.82) is 0 Å². The standard InChI is InChI=1S/C40H26BrNO7/c41-25-16-12-23(13-17-25)40(47)49-27-18-14-22(15-19-27)32(43)21-48-39(46)24-6-5-7-26(20-24)42-37(44)35-33-28-8-1-2-9-29(28)34(36(35)38(42)45)31-11-4-3-10-30(31)33/h1-20,33-36H,21H2. The van der Waals surface area contributed by atoms with Crippen LogP contribution in [0.3, 0.4) is 0 Å². The molecule has 240 valence electrons. The number of anilines is 1. The molecule has 2 atom stereocenters. The second-order valence-corrected chi connectivity index (χ2v) is 13.2. The van der Waals surface area contributed by atoms with Crippen LogP contribution in [0.4, 0.5) is 5.69 Å². The molecule has 2 unspecified atom stereocenters. The number of hydrogen-bond donors (Lipinski definition) is 0. The van der Waals surface area contributed by atoms with Gasteiger partial charge in [0.2, 0.25) is 11.8 Å². The van der Waals surface area contributed by atoms with Crippen LogP contribution in [0, 0.1) is 11.8 Å². The zero-order chi connectivity index (χ0) is 33.8. The van der Waals surface area contributed by atoms with Gasteiger partial charge in [0.1, 0.15) is 5.75 Å². The van der Waals surface area contributed by atoms with E-state index in [2.05, 4.69) is 15.9 Å². The highest BCUT2D eigenvalue weighted by atomic mass is 79.9. The van der Waals surface area contributed by atoms with E-state index >= 15 is 0 Å². The molecule has 2 amide bonds. The van der Waals surface area contributed by atoms with E-state index in [4.69, 9.17) is 9.47 Å². The van der Waals surface area contributed by atoms with Crippen LogP contribution in [0.25, 0.3) is 0 Å². The van der Waals surface area contributed by atoms with Crippen LogP contribution in [-0.2, 0) is 14.3 Å². The van der Waals surface area contributed by atoms with Gasteiger partial charge in [0.15, 0.2) is 12.4 Å². The molecule has 4 aliphatic rings. The number of nitrogens with zero attached hydrogens (tertiary/aromatic N) is 1. The van der Waals surface area contributed by atoms with Crippen molar-refractivity contribution in [2.75, 3.05) is 11.5 Å². The molecule has 1 aliphatic heterocycles. The van der Waals surface area contributed by atoms with Gasteiger partial charge in [-0.25, -0.2) is 14.5 Å². The predicted molar refractivity (Wildman–Crippen MR) is 183 cm³/mol. The number of benzene rings is 5. The molecule has 8 nitrogen and oxygen atoms in total. The van der Waals surface area contributed by atoms with Crippen molar-refractivity contribution in [2.45, 2.75) is 11.8 Å². The minimum absolute atomic E-state index is 0.102. The highest BCUT2D eigenvalue weighted by molar-refractivity contribution is 9.10. The topological polar surface area (TPSA) is 107 Å². The lowest BCUT2D eigenvalue weighted by Crippen LogP contribution is -2.41. The summed E-state index contributed by atoms with van der Waals surface area (Å²) >= 11 is 3.32. The first kappa shape index (κ1) is 30.7. The van der Waals surface area contributed by atoms with E-state index in [1.807, 2.05) is 48.5 Å². The van der Waals surface area contributed by atoms with Gasteiger partial charge in [-0.1, -0.05) is 70.5 Å². The van der Waals surface area contributed by atoms with Gasteiger partial charge in [0.25, 0.3) is 0 Å². The maximum Gasteiger partial charge on any atom is 0.343 e. The summed E-state index contributed by atoms with van der Waals surface area (Å²) in [6, 6.07) is 34.9. The van der Waals surface area contributed by atoms with E-state index in [9.17, 15) is 24.0 Å². The lowest BCUT2D eigenvalue weighted by molar-refractivity contribution is -0.122. The zero-order valence-corrected chi connectivity index (χ0v) is 27.3. The van der Waals surface area contributed by atoms with Crippen LogP contribution >= 0.6 is 15.9 Å². The monoisotopic (exact) mass is 711 g/mol. The molecule has 3 aliphatic carbocycles. The largest absolute Gasteiger partial charge is 0.454 e. The number of imide groups is 1. The number of amides is 2. The summed E-state index contributed by atoms with van der Waals surface area (Å²) in [5, 5.41) is 0. The fraction of sp³-hybridized carbons (Fsp3) is 0.125. The van der Waals surface area contributed by atoms with E-state index < -0.39 is 36.2 Å². The maximum atomic E-state index is 14.1. The minimum atomic E-state index is -0.772. The zero-order valence-electron chi connectivity index (χ0n) is 25.7. The minimum Gasteiger partial charge on any atom is -0.454 e. The molecule has 1 saturated heterocycles. The number of halogens is 1. The highest BCUT2D eigenvalue weighted by Gasteiger charge is 2.61. The number of carbonyl (C=O) groups excluding carboxylic acids is 5. The molecule has 1 heterocycles. The number of hydrogen-bond acceptors (Lipinski definition) is 7.